The molecule has 3 aliphatic rings. The van der Waals surface area contributed by atoms with Gasteiger partial charge in [0.15, 0.2) is 11.6 Å². The summed E-state index contributed by atoms with van der Waals surface area (Å²) in [7, 11) is 0. The second-order valence-corrected chi connectivity index (χ2v) is 15.3. The fourth-order valence-electron chi connectivity index (χ4n) is 7.38. The lowest BCUT2D eigenvalue weighted by atomic mass is 9.92. The van der Waals surface area contributed by atoms with E-state index in [1.165, 1.54) is 0 Å². The van der Waals surface area contributed by atoms with Crippen molar-refractivity contribution < 1.29 is 19.1 Å². The van der Waals surface area contributed by atoms with Crippen LogP contribution in [0, 0.1) is 25.7 Å². The highest BCUT2D eigenvalue weighted by Gasteiger charge is 2.40. The normalized spacial score (nSPS) is 17.7. The summed E-state index contributed by atoms with van der Waals surface area (Å²) in [5.74, 6) is 8.53. The van der Waals surface area contributed by atoms with Crippen LogP contribution in [-0.2, 0) is 22.6 Å². The van der Waals surface area contributed by atoms with Crippen LogP contribution in [-0.4, -0.2) is 60.5 Å². The Morgan fingerprint density at radius 3 is 2.61 bits per heavy atom. The van der Waals surface area contributed by atoms with Crippen LogP contribution in [0.4, 0.5) is 0 Å². The maximum atomic E-state index is 13.1. The number of amides is 1. The number of ketones is 2. The first-order valence-electron chi connectivity index (χ1n) is 18.1. The van der Waals surface area contributed by atoms with Gasteiger partial charge in [-0.2, -0.15) is 0 Å². The average molecular weight is 757 g/mol. The number of Topliss-reactive ketones (excluding diaryl/α,β-unsaturated/α-hetero) is 2. The van der Waals surface area contributed by atoms with E-state index in [0.717, 1.165) is 74.3 Å². The summed E-state index contributed by atoms with van der Waals surface area (Å²) in [6, 6.07) is 16.5. The van der Waals surface area contributed by atoms with Gasteiger partial charge in [-0.1, -0.05) is 35.9 Å². The molecule has 1 fully saturated rings. The van der Waals surface area contributed by atoms with E-state index < -0.39 is 6.04 Å². The van der Waals surface area contributed by atoms with Gasteiger partial charge in [-0.25, -0.2) is 4.98 Å². The average Bonchev–Trinajstić information content (AvgIpc) is 3.79. The molecular formula is C42H37ClN6O4S. The number of aryl methyl sites for hydroxylation is 2. The zero-order valence-electron chi connectivity index (χ0n) is 30.2. The zero-order valence-corrected chi connectivity index (χ0v) is 31.8. The summed E-state index contributed by atoms with van der Waals surface area (Å²) >= 11 is 7.84. The van der Waals surface area contributed by atoms with Gasteiger partial charge in [0.2, 0.25) is 0 Å². The predicted octanol–water partition coefficient (Wildman–Crippen LogP) is 7.35. The molecule has 0 spiro atoms. The molecule has 0 saturated heterocycles. The number of hydrogen-bond donors (Lipinski definition) is 0. The Hall–Kier alpha value is -5.44. The number of aliphatic imine (C=N–C) groups is 1. The van der Waals surface area contributed by atoms with E-state index in [1.54, 1.807) is 22.3 Å². The lowest BCUT2D eigenvalue weighted by Gasteiger charge is -2.29. The molecule has 5 aromatic rings. The molecule has 1 saturated carbocycles. The topological polar surface area (TPSA) is 120 Å². The van der Waals surface area contributed by atoms with E-state index in [2.05, 4.69) is 44.6 Å². The van der Waals surface area contributed by atoms with E-state index in [9.17, 15) is 14.4 Å². The van der Waals surface area contributed by atoms with Gasteiger partial charge in [0.25, 0.3) is 5.91 Å². The molecule has 54 heavy (non-hydrogen) atoms. The number of thiophene rings is 1. The highest BCUT2D eigenvalue weighted by atomic mass is 35.5. The number of hydrogen-bond acceptors (Lipinski definition) is 9. The molecule has 2 aliphatic heterocycles. The number of carbonyl (C=O) groups excluding carboxylic acids is 3. The second kappa shape index (κ2) is 14.8. The number of unbranched alkanes of at least 4 members (excludes halogenated alkanes) is 1. The predicted molar refractivity (Wildman–Crippen MR) is 207 cm³/mol. The van der Waals surface area contributed by atoms with Gasteiger partial charge < -0.3 is 9.64 Å². The number of aromatic nitrogens is 4. The Balaban J connectivity index is 0.905. The first-order valence-corrected chi connectivity index (χ1v) is 19.3. The summed E-state index contributed by atoms with van der Waals surface area (Å²) in [4.78, 5) is 49.7. The van der Waals surface area contributed by atoms with Crippen molar-refractivity contribution in [1.82, 2.24) is 24.6 Å². The molecule has 3 aromatic heterocycles. The van der Waals surface area contributed by atoms with Crippen LogP contribution in [0.5, 0.6) is 5.75 Å². The van der Waals surface area contributed by atoms with Crippen molar-refractivity contribution >= 4 is 46.1 Å². The Labute approximate surface area is 322 Å². The SMILES string of the molecule is Cc1c(C#Cc2ccc(CCCCOc3cccc4c3CN(C3CCC(=O)CC3=O)C4=O)cn2)sc2c1C(c1ccc(Cl)cc1)=N[C@@H](C)c1nnc(C)n1-2. The fourth-order valence-corrected chi connectivity index (χ4v) is 8.72. The Morgan fingerprint density at radius 2 is 1.83 bits per heavy atom. The number of fused-ring (bicyclic) bond motifs is 4. The van der Waals surface area contributed by atoms with Crippen LogP contribution in [0.15, 0.2) is 65.8 Å². The highest BCUT2D eigenvalue weighted by Crippen LogP contribution is 2.39. The summed E-state index contributed by atoms with van der Waals surface area (Å²) in [5.41, 5.74) is 7.12. The van der Waals surface area contributed by atoms with Crippen molar-refractivity contribution in [1.29, 1.82) is 0 Å². The smallest absolute Gasteiger partial charge is 0.255 e. The number of benzene rings is 2. The third kappa shape index (κ3) is 6.76. The van der Waals surface area contributed by atoms with E-state index in [4.69, 9.17) is 21.3 Å². The maximum absolute atomic E-state index is 13.1. The first-order chi connectivity index (χ1) is 26.2. The van der Waals surface area contributed by atoms with Gasteiger partial charge >= 0.3 is 0 Å². The molecule has 8 rings (SSSR count). The Morgan fingerprint density at radius 1 is 1.00 bits per heavy atom. The van der Waals surface area contributed by atoms with Crippen LogP contribution >= 0.6 is 22.9 Å². The molecular weight excluding hydrogens is 720 g/mol. The lowest BCUT2D eigenvalue weighted by molar-refractivity contribution is -0.133. The van der Waals surface area contributed by atoms with Crippen molar-refractivity contribution in [2.24, 2.45) is 4.99 Å². The number of ether oxygens (including phenoxy) is 1. The molecule has 0 bridgehead atoms. The molecule has 5 heterocycles. The minimum Gasteiger partial charge on any atom is -0.493 e. The molecule has 272 valence electrons. The highest BCUT2D eigenvalue weighted by molar-refractivity contribution is 7.15. The van der Waals surface area contributed by atoms with Crippen LogP contribution in [0.25, 0.3) is 5.00 Å². The fraction of sp³-hybridized carbons (Fsp3) is 0.310. The van der Waals surface area contributed by atoms with Gasteiger partial charge in [-0.3, -0.25) is 23.9 Å². The Bertz CT molecular complexity index is 2400. The third-order valence-corrected chi connectivity index (χ3v) is 11.7. The van der Waals surface area contributed by atoms with Crippen molar-refractivity contribution in [3.8, 4) is 22.6 Å². The third-order valence-electron chi connectivity index (χ3n) is 10.2. The minimum atomic E-state index is -0.544. The zero-order chi connectivity index (χ0) is 37.5. The summed E-state index contributed by atoms with van der Waals surface area (Å²) in [6.45, 7) is 6.91. The number of halogens is 1. The van der Waals surface area contributed by atoms with Crippen LogP contribution in [0.1, 0.15) is 105 Å². The standard InChI is InChI=1S/C42H37ClN6O4S/c1-24-37(54-42-38(24)39(28-11-13-29(43)14-12-28)45-25(2)40-47-46-26(3)49(40)42)19-16-30-15-10-27(22-44-30)7-4-5-20-53-36-9-6-8-32-33(36)23-48(41(32)52)34-18-17-31(50)21-35(34)51/h6,8-15,22,25,34H,4-5,7,17-18,20-21,23H2,1-3H3/t25-,34?/m0/s1. The largest absolute Gasteiger partial charge is 0.493 e. The number of carbonyl (C=O) groups is 3. The van der Waals surface area contributed by atoms with Crippen LogP contribution in [0.3, 0.4) is 0 Å². The molecule has 2 aromatic carbocycles. The Kier molecular flexibility index (Phi) is 9.73. The molecule has 1 amide bonds. The number of pyridine rings is 1. The summed E-state index contributed by atoms with van der Waals surface area (Å²) in [5, 5.41) is 10.5. The van der Waals surface area contributed by atoms with E-state index in [0.29, 0.717) is 48.0 Å². The van der Waals surface area contributed by atoms with Crippen molar-refractivity contribution in [3.63, 3.8) is 0 Å². The number of nitrogens with zero attached hydrogens (tertiary/aromatic N) is 6. The quantitative estimate of drug-likeness (QED) is 0.0923. The molecule has 1 unspecified atom stereocenters. The molecule has 1 aliphatic carbocycles. The molecule has 12 heteroatoms. The van der Waals surface area contributed by atoms with E-state index >= 15 is 0 Å². The molecule has 2 atom stereocenters. The maximum Gasteiger partial charge on any atom is 0.255 e. The van der Waals surface area contributed by atoms with Crippen LogP contribution in [0.2, 0.25) is 5.02 Å². The first kappa shape index (κ1) is 35.6. The lowest BCUT2D eigenvalue weighted by Crippen LogP contribution is -2.44. The van der Waals surface area contributed by atoms with Gasteiger partial charge in [-0.15, -0.1) is 21.5 Å². The van der Waals surface area contributed by atoms with Crippen molar-refractivity contribution in [2.45, 2.75) is 77.9 Å². The van der Waals surface area contributed by atoms with Crippen molar-refractivity contribution in [3.05, 3.63) is 121 Å². The van der Waals surface area contributed by atoms with Gasteiger partial charge in [-0.05, 0) is 99.8 Å². The second-order valence-electron chi connectivity index (χ2n) is 13.9. The van der Waals surface area contributed by atoms with Gasteiger partial charge in [0, 0.05) is 39.9 Å². The van der Waals surface area contributed by atoms with E-state index in [-0.39, 0.29) is 29.9 Å². The summed E-state index contributed by atoms with van der Waals surface area (Å²) < 4.78 is 8.24. The monoisotopic (exact) mass is 756 g/mol. The van der Waals surface area contributed by atoms with Crippen molar-refractivity contribution in [2.75, 3.05) is 6.61 Å². The molecule has 0 radical (unpaired) electrons. The van der Waals surface area contributed by atoms with E-state index in [1.807, 2.05) is 62.5 Å². The molecule has 10 nitrogen and oxygen atoms in total. The summed E-state index contributed by atoms with van der Waals surface area (Å²) in [6.07, 6.45) is 5.07. The van der Waals surface area contributed by atoms with Crippen LogP contribution < -0.4 is 4.74 Å². The minimum absolute atomic E-state index is 0.0540. The number of rotatable bonds is 8. The van der Waals surface area contributed by atoms with Gasteiger partial charge in [0.05, 0.1) is 36.2 Å². The van der Waals surface area contributed by atoms with Gasteiger partial charge in [0.1, 0.15) is 34.1 Å². The molecule has 0 N–H and O–H groups in total.